The predicted molar refractivity (Wildman–Crippen MR) is 251 cm³/mol. The van der Waals surface area contributed by atoms with Gasteiger partial charge >= 0.3 is 12.1 Å². The number of carbonyl (C=O) groups is 2. The number of nitrogens with zero attached hydrogens (tertiary/aromatic N) is 1. The number of ether oxygens (including phenoxy) is 4. The van der Waals surface area contributed by atoms with Crippen LogP contribution in [0.2, 0.25) is 0 Å². The average Bonchev–Trinajstić information content (AvgIpc) is 3.30. The van der Waals surface area contributed by atoms with E-state index in [1.807, 2.05) is 36.4 Å². The topological polar surface area (TPSA) is 74.3 Å². The van der Waals surface area contributed by atoms with Gasteiger partial charge in [-0.25, -0.2) is 4.79 Å². The molecular formula is C55H53NO6. The average molecular weight is 824 g/mol. The molecule has 0 aliphatic carbocycles. The van der Waals surface area contributed by atoms with E-state index in [0.29, 0.717) is 12.4 Å². The van der Waals surface area contributed by atoms with Crippen molar-refractivity contribution >= 4 is 61.5 Å². The molecular weight excluding hydrogens is 771 g/mol. The summed E-state index contributed by atoms with van der Waals surface area (Å²) in [5.74, 6) is 1.12. The number of hydrogen-bond acceptors (Lipinski definition) is 7. The van der Waals surface area contributed by atoms with Crippen LogP contribution in [0.5, 0.6) is 11.5 Å². The van der Waals surface area contributed by atoms with Gasteiger partial charge in [0, 0.05) is 29.6 Å². The third kappa shape index (κ3) is 9.84. The molecule has 62 heavy (non-hydrogen) atoms. The molecule has 1 atom stereocenters. The number of unbranched alkanes of at least 4 members (excludes halogenated alkanes) is 3. The van der Waals surface area contributed by atoms with Crippen molar-refractivity contribution in [3.63, 3.8) is 0 Å². The molecule has 1 unspecified atom stereocenters. The number of anilines is 3. The van der Waals surface area contributed by atoms with E-state index in [1.54, 1.807) is 7.11 Å². The lowest BCUT2D eigenvalue weighted by atomic mass is 9.86. The summed E-state index contributed by atoms with van der Waals surface area (Å²) in [7, 11) is 1.68. The van der Waals surface area contributed by atoms with E-state index in [4.69, 9.17) is 18.9 Å². The molecule has 7 heteroatoms. The quantitative estimate of drug-likeness (QED) is 0.0369. The minimum atomic E-state index is -0.715. The summed E-state index contributed by atoms with van der Waals surface area (Å²) in [6.07, 6.45) is 5.39. The minimum Gasteiger partial charge on any atom is -0.497 e. The zero-order valence-electron chi connectivity index (χ0n) is 35.8. The molecule has 0 radical (unpaired) electrons. The summed E-state index contributed by atoms with van der Waals surface area (Å²) in [5.41, 5.74) is 8.24. The monoisotopic (exact) mass is 823 g/mol. The van der Waals surface area contributed by atoms with Gasteiger partial charge in [0.15, 0.2) is 0 Å². The number of rotatable bonds is 18. The van der Waals surface area contributed by atoms with Crippen LogP contribution in [0.4, 0.5) is 21.9 Å². The van der Waals surface area contributed by atoms with Gasteiger partial charge in [-0.05, 0) is 150 Å². The minimum absolute atomic E-state index is 0.133. The Morgan fingerprint density at radius 1 is 0.565 bits per heavy atom. The number of aryl methyl sites for hydroxylation is 2. The lowest BCUT2D eigenvalue weighted by molar-refractivity contribution is -0.141. The first kappa shape index (κ1) is 41.9. The molecule has 0 N–H and O–H groups in total. The maximum Gasteiger partial charge on any atom is 0.513 e. The highest BCUT2D eigenvalue weighted by Crippen LogP contribution is 2.44. The molecule has 0 saturated carbocycles. The van der Waals surface area contributed by atoms with Crippen molar-refractivity contribution in [1.82, 2.24) is 0 Å². The van der Waals surface area contributed by atoms with Crippen molar-refractivity contribution in [1.29, 1.82) is 0 Å². The maximum atomic E-state index is 12.4. The zero-order valence-corrected chi connectivity index (χ0v) is 35.8. The molecule has 0 aliphatic rings. The van der Waals surface area contributed by atoms with Crippen LogP contribution < -0.4 is 14.4 Å². The lowest BCUT2D eigenvalue weighted by Gasteiger charge is -2.28. The van der Waals surface area contributed by atoms with Gasteiger partial charge in [-0.1, -0.05) is 103 Å². The first-order chi connectivity index (χ1) is 30.3. The van der Waals surface area contributed by atoms with Crippen molar-refractivity contribution in [3.05, 3.63) is 174 Å². The molecule has 7 nitrogen and oxygen atoms in total. The molecule has 0 amide bonds. The van der Waals surface area contributed by atoms with Crippen LogP contribution in [0.1, 0.15) is 73.6 Å². The molecule has 8 aromatic carbocycles. The largest absolute Gasteiger partial charge is 0.513 e. The molecule has 0 saturated heterocycles. The van der Waals surface area contributed by atoms with E-state index in [2.05, 4.69) is 127 Å². The summed E-state index contributed by atoms with van der Waals surface area (Å²) in [4.78, 5) is 25.7. The highest BCUT2D eigenvalue weighted by atomic mass is 16.7. The number of esters is 1. The Labute approximate surface area is 364 Å². The van der Waals surface area contributed by atoms with Crippen molar-refractivity contribution in [2.45, 2.75) is 64.7 Å². The highest BCUT2D eigenvalue weighted by molar-refractivity contribution is 6.25. The molecule has 0 heterocycles. The van der Waals surface area contributed by atoms with Crippen LogP contribution in [0.15, 0.2) is 152 Å². The van der Waals surface area contributed by atoms with E-state index in [9.17, 15) is 9.59 Å². The fraction of sp³-hybridized carbons (Fsp3) is 0.236. The maximum absolute atomic E-state index is 12.4. The van der Waals surface area contributed by atoms with Gasteiger partial charge < -0.3 is 23.8 Å². The van der Waals surface area contributed by atoms with Gasteiger partial charge in [0.2, 0.25) is 0 Å². The predicted octanol–water partition coefficient (Wildman–Crippen LogP) is 14.2. The first-order valence-electron chi connectivity index (χ1n) is 21.7. The Kier molecular flexibility index (Phi) is 13.3. The van der Waals surface area contributed by atoms with E-state index in [-0.39, 0.29) is 18.5 Å². The van der Waals surface area contributed by atoms with Crippen LogP contribution >= 0.6 is 0 Å². The van der Waals surface area contributed by atoms with Crippen molar-refractivity contribution in [2.24, 2.45) is 0 Å². The van der Waals surface area contributed by atoms with Gasteiger partial charge in [-0.2, -0.15) is 0 Å². The fourth-order valence-electron chi connectivity index (χ4n) is 8.54. The summed E-state index contributed by atoms with van der Waals surface area (Å²) >= 11 is 0. The van der Waals surface area contributed by atoms with Crippen molar-refractivity contribution < 1.29 is 28.5 Å². The second-order valence-electron chi connectivity index (χ2n) is 16.0. The van der Waals surface area contributed by atoms with E-state index in [0.717, 1.165) is 73.3 Å². The third-order valence-corrected chi connectivity index (χ3v) is 11.8. The Balaban J connectivity index is 0.954. The zero-order chi connectivity index (χ0) is 42.8. The number of benzene rings is 8. The molecule has 0 aromatic heterocycles. The smallest absolute Gasteiger partial charge is 0.497 e. The third-order valence-electron chi connectivity index (χ3n) is 11.8. The number of carbonyl (C=O) groups excluding carboxylic acids is 2. The fourth-order valence-corrected chi connectivity index (χ4v) is 8.54. The summed E-state index contributed by atoms with van der Waals surface area (Å²) in [6, 6.07) is 54.0. The number of methoxy groups -OCH3 is 1. The molecule has 0 aliphatic heterocycles. The van der Waals surface area contributed by atoms with Gasteiger partial charge in [-0.15, -0.1) is 0 Å². The lowest BCUT2D eigenvalue weighted by Crippen LogP contribution is -2.11. The van der Waals surface area contributed by atoms with Gasteiger partial charge in [-0.3, -0.25) is 4.79 Å². The number of hydrogen-bond donors (Lipinski definition) is 0. The van der Waals surface area contributed by atoms with Gasteiger partial charge in [0.05, 0.1) is 26.0 Å². The molecule has 0 spiro atoms. The SMILES string of the molecule is COc1ccc(C(CCCc2ccc(N(c3ccc(C)cc3)c3ccc4ccc5cccc6ccc3c4c56)cc2)c2ccc(OC(=O)OCCCCCCOC(C)=O)cc2)cc1. The molecule has 8 rings (SSSR count). The van der Waals surface area contributed by atoms with Crippen molar-refractivity contribution in [2.75, 3.05) is 25.2 Å². The molecule has 8 aromatic rings. The van der Waals surface area contributed by atoms with Gasteiger partial charge in [0.25, 0.3) is 0 Å². The Bertz CT molecular complexity index is 2710. The van der Waals surface area contributed by atoms with Crippen LogP contribution in [-0.4, -0.2) is 32.4 Å². The Morgan fingerprint density at radius 2 is 1.13 bits per heavy atom. The molecule has 0 bridgehead atoms. The summed E-state index contributed by atoms with van der Waals surface area (Å²) < 4.78 is 21.2. The standard InChI is InChI=1S/C55H53NO6/c1-38-14-26-46(27-15-38)56(52-35-25-45-19-18-43-11-9-12-44-24-34-51(52)54(45)53(43)44)47-28-16-40(17-29-47)10-8-13-50(41-20-30-48(59-3)31-21-41)42-22-32-49(33-23-42)62-55(58)61-37-7-5-4-6-36-60-39(2)57/h9,11-12,14-35,50H,4-8,10,13,36-37H2,1-3H3. The van der Waals surface area contributed by atoms with E-state index < -0.39 is 6.16 Å². The first-order valence-corrected chi connectivity index (χ1v) is 21.7. The van der Waals surface area contributed by atoms with Gasteiger partial charge in [0.1, 0.15) is 11.5 Å². The van der Waals surface area contributed by atoms with Crippen LogP contribution in [0.25, 0.3) is 32.3 Å². The van der Waals surface area contributed by atoms with Crippen molar-refractivity contribution in [3.8, 4) is 11.5 Å². The van der Waals surface area contributed by atoms with Crippen LogP contribution in [-0.2, 0) is 20.7 Å². The Morgan fingerprint density at radius 3 is 1.76 bits per heavy atom. The Hall–Kier alpha value is -6.86. The molecule has 314 valence electrons. The second kappa shape index (κ2) is 19.7. The normalized spacial score (nSPS) is 11.8. The van der Waals surface area contributed by atoms with E-state index in [1.165, 1.54) is 55.9 Å². The highest BCUT2D eigenvalue weighted by Gasteiger charge is 2.20. The van der Waals surface area contributed by atoms with E-state index >= 15 is 0 Å². The summed E-state index contributed by atoms with van der Waals surface area (Å²) in [6.45, 7) is 4.23. The molecule has 0 fully saturated rings. The van der Waals surface area contributed by atoms with Crippen LogP contribution in [0.3, 0.4) is 0 Å². The van der Waals surface area contributed by atoms with Crippen LogP contribution in [0, 0.1) is 6.92 Å². The second-order valence-corrected chi connectivity index (χ2v) is 16.0. The summed E-state index contributed by atoms with van der Waals surface area (Å²) in [5, 5.41) is 7.62.